The van der Waals surface area contributed by atoms with Crippen molar-refractivity contribution in [1.82, 2.24) is 25.6 Å². The van der Waals surface area contributed by atoms with Crippen LogP contribution < -0.4 is 10.9 Å². The Hall–Kier alpha value is -3.59. The van der Waals surface area contributed by atoms with Crippen molar-refractivity contribution in [3.05, 3.63) is 71.0 Å². The third-order valence-electron chi connectivity index (χ3n) is 4.48. The number of nitrogens with one attached hydrogen (secondary N) is 2. The zero-order chi connectivity index (χ0) is 21.3. The Balaban J connectivity index is 1.68. The Morgan fingerprint density at radius 3 is 2.47 bits per heavy atom. The van der Waals surface area contributed by atoms with Crippen LogP contribution in [0.4, 0.5) is 4.39 Å². The van der Waals surface area contributed by atoms with E-state index < -0.39 is 17.6 Å². The molecule has 0 radical (unpaired) electrons. The number of hydrogen-bond donors (Lipinski definition) is 2. The largest absolute Gasteiger partial charge is 0.272 e. The fourth-order valence-electron chi connectivity index (χ4n) is 3.03. The molecule has 0 bridgehead atoms. The number of aromatic nitrogens is 3. The van der Waals surface area contributed by atoms with E-state index in [1.54, 1.807) is 23.0 Å². The molecule has 4 aromatic rings. The number of hydrogen-bond acceptors (Lipinski definition) is 5. The number of rotatable bonds is 4. The number of fused-ring (bicyclic) bond motifs is 1. The first-order valence-electron chi connectivity index (χ1n) is 9.23. The molecule has 9 heteroatoms. The number of nitrogens with zero attached hydrogens (tertiary/aromatic N) is 3. The average molecular weight is 423 g/mol. The molecule has 0 saturated heterocycles. The molecule has 0 fully saturated rings. The van der Waals surface area contributed by atoms with Gasteiger partial charge in [0.15, 0.2) is 5.65 Å². The second-order valence-corrected chi connectivity index (χ2v) is 7.79. The predicted molar refractivity (Wildman–Crippen MR) is 113 cm³/mol. The molecule has 0 atom stereocenters. The second-order valence-electron chi connectivity index (χ2n) is 6.84. The summed E-state index contributed by atoms with van der Waals surface area (Å²) in [6.07, 6.45) is 1.58. The SMILES string of the molecule is CC(C)n1ncc2c(C(=O)NNC(=O)c3ccccc3F)cc(-c3cccs3)nc21. The lowest BCUT2D eigenvalue weighted by Crippen LogP contribution is -2.42. The normalized spacial score (nSPS) is 11.1. The molecule has 0 aliphatic carbocycles. The number of carbonyl (C=O) groups is 2. The molecule has 3 aromatic heterocycles. The molecule has 0 unspecified atom stereocenters. The Morgan fingerprint density at radius 2 is 1.80 bits per heavy atom. The van der Waals surface area contributed by atoms with Gasteiger partial charge in [0, 0.05) is 6.04 Å². The fraction of sp³-hybridized carbons (Fsp3) is 0.143. The van der Waals surface area contributed by atoms with Crippen molar-refractivity contribution in [2.45, 2.75) is 19.9 Å². The van der Waals surface area contributed by atoms with E-state index in [1.807, 2.05) is 31.4 Å². The van der Waals surface area contributed by atoms with Gasteiger partial charge in [-0.05, 0) is 43.5 Å². The highest BCUT2D eigenvalue weighted by molar-refractivity contribution is 7.13. The summed E-state index contributed by atoms with van der Waals surface area (Å²) < 4.78 is 15.5. The topological polar surface area (TPSA) is 88.9 Å². The van der Waals surface area contributed by atoms with Gasteiger partial charge in [-0.3, -0.25) is 20.4 Å². The zero-order valence-electron chi connectivity index (χ0n) is 16.2. The van der Waals surface area contributed by atoms with Gasteiger partial charge in [-0.25, -0.2) is 14.1 Å². The molecule has 0 spiro atoms. The fourth-order valence-corrected chi connectivity index (χ4v) is 3.71. The van der Waals surface area contributed by atoms with E-state index in [-0.39, 0.29) is 11.6 Å². The van der Waals surface area contributed by atoms with Gasteiger partial charge >= 0.3 is 0 Å². The minimum Gasteiger partial charge on any atom is -0.267 e. The second kappa shape index (κ2) is 8.03. The predicted octanol–water partition coefficient (Wildman–Crippen LogP) is 3.95. The summed E-state index contributed by atoms with van der Waals surface area (Å²) in [5, 5.41) is 6.84. The lowest BCUT2D eigenvalue weighted by atomic mass is 10.1. The van der Waals surface area contributed by atoms with Crippen LogP contribution in [-0.2, 0) is 0 Å². The van der Waals surface area contributed by atoms with Gasteiger partial charge in [0.05, 0.1) is 33.3 Å². The van der Waals surface area contributed by atoms with Crippen LogP contribution in [0, 0.1) is 5.82 Å². The summed E-state index contributed by atoms with van der Waals surface area (Å²) in [5.74, 6) is -1.97. The number of hydrazine groups is 1. The maximum Gasteiger partial charge on any atom is 0.272 e. The van der Waals surface area contributed by atoms with Gasteiger partial charge in [0.25, 0.3) is 11.8 Å². The van der Waals surface area contributed by atoms with Gasteiger partial charge in [-0.1, -0.05) is 18.2 Å². The minimum atomic E-state index is -0.747. The highest BCUT2D eigenvalue weighted by atomic mass is 32.1. The van der Waals surface area contributed by atoms with Crippen molar-refractivity contribution >= 4 is 34.2 Å². The van der Waals surface area contributed by atoms with Crippen molar-refractivity contribution in [3.8, 4) is 10.6 Å². The summed E-state index contributed by atoms with van der Waals surface area (Å²) >= 11 is 1.50. The first-order valence-corrected chi connectivity index (χ1v) is 10.1. The maximum absolute atomic E-state index is 13.8. The van der Waals surface area contributed by atoms with Crippen LogP contribution in [0.5, 0.6) is 0 Å². The van der Waals surface area contributed by atoms with Crippen molar-refractivity contribution in [3.63, 3.8) is 0 Å². The van der Waals surface area contributed by atoms with Gasteiger partial charge in [-0.2, -0.15) is 5.10 Å². The molecule has 3 heterocycles. The number of thiophene rings is 1. The van der Waals surface area contributed by atoms with E-state index in [2.05, 4.69) is 16.0 Å². The molecule has 152 valence electrons. The smallest absolute Gasteiger partial charge is 0.267 e. The summed E-state index contributed by atoms with van der Waals surface area (Å²) in [6, 6.07) is 11.1. The van der Waals surface area contributed by atoms with Crippen molar-refractivity contribution < 1.29 is 14.0 Å². The Morgan fingerprint density at radius 1 is 1.07 bits per heavy atom. The summed E-state index contributed by atoms with van der Waals surface area (Å²) in [6.45, 7) is 3.95. The number of halogens is 1. The molecule has 7 nitrogen and oxygen atoms in total. The Labute approximate surface area is 175 Å². The van der Waals surface area contributed by atoms with Crippen molar-refractivity contribution in [2.24, 2.45) is 0 Å². The lowest BCUT2D eigenvalue weighted by Gasteiger charge is -2.11. The molecule has 0 aliphatic heterocycles. The van der Waals surface area contributed by atoms with Crippen LogP contribution in [0.1, 0.15) is 40.6 Å². The number of benzene rings is 1. The van der Waals surface area contributed by atoms with Crippen molar-refractivity contribution in [1.29, 1.82) is 0 Å². The maximum atomic E-state index is 13.8. The average Bonchev–Trinajstić information content (AvgIpc) is 3.41. The molecule has 30 heavy (non-hydrogen) atoms. The molecule has 2 N–H and O–H groups in total. The van der Waals surface area contributed by atoms with Crippen LogP contribution in [0.15, 0.2) is 54.0 Å². The van der Waals surface area contributed by atoms with Gasteiger partial charge in [0.1, 0.15) is 5.82 Å². The third-order valence-corrected chi connectivity index (χ3v) is 5.37. The first-order chi connectivity index (χ1) is 14.5. The molecule has 0 aliphatic rings. The molecule has 2 amide bonds. The van der Waals surface area contributed by atoms with Crippen molar-refractivity contribution in [2.75, 3.05) is 0 Å². The Kier molecular flexibility index (Phi) is 5.28. The third kappa shape index (κ3) is 3.67. The standard InChI is InChI=1S/C21H18FN5O2S/c1-12(2)27-19-15(11-23-27)14(10-17(24-19)18-8-5-9-30-18)21(29)26-25-20(28)13-6-3-4-7-16(13)22/h3-12H,1-2H3,(H,25,28)(H,26,29). The van der Waals surface area contributed by atoms with Crippen LogP contribution in [-0.4, -0.2) is 26.6 Å². The van der Waals surface area contributed by atoms with Crippen LogP contribution in [0.25, 0.3) is 21.6 Å². The molecule has 0 saturated carbocycles. The van der Waals surface area contributed by atoms with E-state index in [1.165, 1.54) is 29.5 Å². The lowest BCUT2D eigenvalue weighted by molar-refractivity contribution is 0.0845. The quantitative estimate of drug-likeness (QED) is 0.487. The first kappa shape index (κ1) is 19.7. The van der Waals surface area contributed by atoms with Gasteiger partial charge in [0.2, 0.25) is 0 Å². The summed E-state index contributed by atoms with van der Waals surface area (Å²) in [7, 11) is 0. The minimum absolute atomic E-state index is 0.0465. The van der Waals surface area contributed by atoms with Crippen LogP contribution in [0.3, 0.4) is 0 Å². The van der Waals surface area contributed by atoms with Gasteiger partial charge in [-0.15, -0.1) is 11.3 Å². The van der Waals surface area contributed by atoms with E-state index in [0.717, 1.165) is 4.88 Å². The molecule has 4 rings (SSSR count). The summed E-state index contributed by atoms with van der Waals surface area (Å²) in [4.78, 5) is 30.7. The van der Waals surface area contributed by atoms with E-state index in [0.29, 0.717) is 22.3 Å². The highest BCUT2D eigenvalue weighted by Crippen LogP contribution is 2.28. The molecular formula is C21H18FN5O2S. The highest BCUT2D eigenvalue weighted by Gasteiger charge is 2.20. The number of pyridine rings is 1. The van der Waals surface area contributed by atoms with Crippen LogP contribution in [0.2, 0.25) is 0 Å². The summed E-state index contributed by atoms with van der Waals surface area (Å²) in [5.41, 5.74) is 5.97. The van der Waals surface area contributed by atoms with E-state index in [4.69, 9.17) is 4.98 Å². The monoisotopic (exact) mass is 423 g/mol. The zero-order valence-corrected chi connectivity index (χ0v) is 17.0. The number of amides is 2. The Bertz CT molecular complexity index is 1230. The van der Waals surface area contributed by atoms with Crippen LogP contribution >= 0.6 is 11.3 Å². The van der Waals surface area contributed by atoms with E-state index in [9.17, 15) is 14.0 Å². The number of carbonyl (C=O) groups excluding carboxylic acids is 2. The van der Waals surface area contributed by atoms with E-state index >= 15 is 0 Å². The molecule has 1 aromatic carbocycles. The molecular weight excluding hydrogens is 405 g/mol. The van der Waals surface area contributed by atoms with Gasteiger partial charge < -0.3 is 0 Å².